The van der Waals surface area contributed by atoms with Gasteiger partial charge in [-0.05, 0) is 18.9 Å². The van der Waals surface area contributed by atoms with Gasteiger partial charge in [-0.1, -0.05) is 29.8 Å². The largest absolute Gasteiger partial charge is 0.406 e. The molecule has 0 unspecified atom stereocenters. The van der Waals surface area contributed by atoms with Crippen molar-refractivity contribution in [3.8, 4) is 0 Å². The van der Waals surface area contributed by atoms with Crippen LogP contribution in [0.4, 0.5) is 13.2 Å². The fourth-order valence-electron chi connectivity index (χ4n) is 1.79. The molecule has 0 saturated carbocycles. The van der Waals surface area contributed by atoms with Gasteiger partial charge in [0.05, 0.1) is 6.61 Å². The van der Waals surface area contributed by atoms with Gasteiger partial charge in [0.15, 0.2) is 0 Å². The van der Waals surface area contributed by atoms with Gasteiger partial charge >= 0.3 is 6.18 Å². The number of hydrogen-bond acceptors (Lipinski definition) is 2. The van der Waals surface area contributed by atoms with Gasteiger partial charge in [-0.2, -0.15) is 13.2 Å². The van der Waals surface area contributed by atoms with E-state index in [0.29, 0.717) is 11.3 Å². The minimum atomic E-state index is -4.45. The molecule has 0 fully saturated rings. The second-order valence-corrected chi connectivity index (χ2v) is 4.64. The summed E-state index contributed by atoms with van der Waals surface area (Å²) in [5, 5.41) is 8.74. The van der Waals surface area contributed by atoms with E-state index in [2.05, 4.69) is 0 Å². The average Bonchev–Trinajstić information content (AvgIpc) is 2.35. The van der Waals surface area contributed by atoms with E-state index in [0.717, 1.165) is 11.1 Å². The van der Waals surface area contributed by atoms with Gasteiger partial charge in [0.1, 0.15) is 6.54 Å². The maximum Gasteiger partial charge on any atom is 0.406 e. The predicted molar refractivity (Wildman–Crippen MR) is 69.2 cm³/mol. The predicted octanol–water partition coefficient (Wildman–Crippen LogP) is 2.31. The highest BCUT2D eigenvalue weighted by Gasteiger charge is 2.32. The molecule has 0 radical (unpaired) electrons. The molecule has 1 aromatic rings. The maximum atomic E-state index is 12.3. The van der Waals surface area contributed by atoms with Crippen LogP contribution in [-0.4, -0.2) is 41.8 Å². The zero-order valence-corrected chi connectivity index (χ0v) is 11.3. The van der Waals surface area contributed by atoms with Crippen LogP contribution in [0.3, 0.4) is 0 Å². The number of halogens is 3. The highest BCUT2D eigenvalue weighted by Crippen LogP contribution is 2.17. The SMILES string of the molecule is Cc1ccc(CCC(=O)N(CCO)CC(F)(F)F)cc1. The van der Waals surface area contributed by atoms with Gasteiger partial charge in [-0.15, -0.1) is 0 Å². The van der Waals surface area contributed by atoms with Gasteiger partial charge in [0, 0.05) is 13.0 Å². The van der Waals surface area contributed by atoms with E-state index in [1.807, 2.05) is 31.2 Å². The standard InChI is InChI=1S/C14H18F3NO2/c1-11-2-4-12(5-3-11)6-7-13(20)18(8-9-19)10-14(15,16)17/h2-5,19H,6-10H2,1H3. The fraction of sp³-hybridized carbons (Fsp3) is 0.500. The third kappa shape index (κ3) is 6.06. The van der Waals surface area contributed by atoms with E-state index < -0.39 is 25.2 Å². The summed E-state index contributed by atoms with van der Waals surface area (Å²) in [5.74, 6) is -0.600. The van der Waals surface area contributed by atoms with Gasteiger partial charge in [0.25, 0.3) is 0 Å². The van der Waals surface area contributed by atoms with E-state index >= 15 is 0 Å². The fourth-order valence-corrected chi connectivity index (χ4v) is 1.79. The van der Waals surface area contributed by atoms with Gasteiger partial charge in [0.2, 0.25) is 5.91 Å². The van der Waals surface area contributed by atoms with Gasteiger partial charge in [-0.25, -0.2) is 0 Å². The molecule has 0 aliphatic rings. The second kappa shape index (κ2) is 7.28. The van der Waals surface area contributed by atoms with Crippen molar-refractivity contribution in [2.75, 3.05) is 19.7 Å². The van der Waals surface area contributed by atoms with Crippen LogP contribution >= 0.6 is 0 Å². The Hall–Kier alpha value is -1.56. The quantitative estimate of drug-likeness (QED) is 0.873. The Morgan fingerprint density at radius 3 is 2.35 bits per heavy atom. The number of hydrogen-bond donors (Lipinski definition) is 1. The highest BCUT2D eigenvalue weighted by molar-refractivity contribution is 5.76. The molecular formula is C14H18F3NO2. The van der Waals surface area contributed by atoms with Gasteiger partial charge < -0.3 is 10.0 Å². The lowest BCUT2D eigenvalue weighted by molar-refractivity contribution is -0.162. The Morgan fingerprint density at radius 1 is 1.25 bits per heavy atom. The molecule has 0 aromatic heterocycles. The first-order valence-corrected chi connectivity index (χ1v) is 6.33. The minimum Gasteiger partial charge on any atom is -0.395 e. The smallest absolute Gasteiger partial charge is 0.395 e. The van der Waals surface area contributed by atoms with E-state index in [4.69, 9.17) is 5.11 Å². The summed E-state index contributed by atoms with van der Waals surface area (Å²) in [5.41, 5.74) is 1.99. The zero-order chi connectivity index (χ0) is 15.2. The summed E-state index contributed by atoms with van der Waals surface area (Å²) in [6.45, 7) is -0.167. The van der Waals surface area contributed by atoms with Crippen molar-refractivity contribution in [3.63, 3.8) is 0 Å². The molecule has 0 saturated heterocycles. The zero-order valence-electron chi connectivity index (χ0n) is 11.3. The summed E-state index contributed by atoms with van der Waals surface area (Å²) in [7, 11) is 0. The van der Waals surface area contributed by atoms with E-state index in [1.165, 1.54) is 0 Å². The van der Waals surface area contributed by atoms with Crippen LogP contribution in [-0.2, 0) is 11.2 Å². The minimum absolute atomic E-state index is 0.000852. The van der Waals surface area contributed by atoms with Crippen molar-refractivity contribution in [1.29, 1.82) is 0 Å². The number of nitrogens with zero attached hydrogens (tertiary/aromatic N) is 1. The number of alkyl halides is 3. The Kier molecular flexibility index (Phi) is 6.01. The van der Waals surface area contributed by atoms with Crippen LogP contribution in [0.2, 0.25) is 0 Å². The van der Waals surface area contributed by atoms with Crippen molar-refractivity contribution >= 4 is 5.91 Å². The summed E-state index contributed by atoms with van der Waals surface area (Å²) in [6.07, 6.45) is -4.06. The van der Waals surface area contributed by atoms with Crippen molar-refractivity contribution in [1.82, 2.24) is 4.90 Å². The monoisotopic (exact) mass is 289 g/mol. The molecule has 1 aromatic carbocycles. The molecule has 0 aliphatic heterocycles. The van der Waals surface area contributed by atoms with Crippen molar-refractivity contribution in [3.05, 3.63) is 35.4 Å². The maximum absolute atomic E-state index is 12.3. The lowest BCUT2D eigenvalue weighted by Crippen LogP contribution is -2.40. The first-order chi connectivity index (χ1) is 9.31. The summed E-state index contributed by atoms with van der Waals surface area (Å²) >= 11 is 0. The molecule has 0 aliphatic carbocycles. The number of benzene rings is 1. The van der Waals surface area contributed by atoms with E-state index in [9.17, 15) is 18.0 Å². The Morgan fingerprint density at radius 2 is 1.85 bits per heavy atom. The van der Waals surface area contributed by atoms with Crippen LogP contribution in [0.15, 0.2) is 24.3 Å². The molecule has 1 rings (SSSR count). The first-order valence-electron chi connectivity index (χ1n) is 6.33. The molecule has 0 spiro atoms. The number of rotatable bonds is 6. The normalized spacial score (nSPS) is 11.4. The Bertz CT molecular complexity index is 429. The van der Waals surface area contributed by atoms with Crippen molar-refractivity contribution in [2.24, 2.45) is 0 Å². The Labute approximate surface area is 116 Å². The summed E-state index contributed by atoms with van der Waals surface area (Å²) < 4.78 is 37.0. The topological polar surface area (TPSA) is 40.5 Å². The summed E-state index contributed by atoms with van der Waals surface area (Å²) in [6, 6.07) is 7.48. The number of carbonyl (C=O) groups excluding carboxylic acids is 1. The lowest BCUT2D eigenvalue weighted by Gasteiger charge is -2.23. The molecule has 0 heterocycles. The molecule has 6 heteroatoms. The third-order valence-electron chi connectivity index (χ3n) is 2.84. The molecule has 0 bridgehead atoms. The van der Waals surface area contributed by atoms with Crippen LogP contribution in [0, 0.1) is 6.92 Å². The number of aryl methyl sites for hydroxylation is 2. The van der Waals surface area contributed by atoms with Crippen molar-refractivity contribution in [2.45, 2.75) is 25.9 Å². The lowest BCUT2D eigenvalue weighted by atomic mass is 10.1. The van der Waals surface area contributed by atoms with E-state index in [1.54, 1.807) is 0 Å². The van der Waals surface area contributed by atoms with Crippen LogP contribution < -0.4 is 0 Å². The Balaban J connectivity index is 2.55. The molecule has 0 atom stereocenters. The molecule has 1 N–H and O–H groups in total. The average molecular weight is 289 g/mol. The molecule has 1 amide bonds. The van der Waals surface area contributed by atoms with Crippen LogP contribution in [0.5, 0.6) is 0 Å². The number of amides is 1. The number of aliphatic hydroxyl groups excluding tert-OH is 1. The van der Waals surface area contributed by atoms with Crippen LogP contribution in [0.1, 0.15) is 17.5 Å². The molecule has 3 nitrogen and oxygen atoms in total. The highest BCUT2D eigenvalue weighted by atomic mass is 19.4. The third-order valence-corrected chi connectivity index (χ3v) is 2.84. The van der Waals surface area contributed by atoms with Crippen LogP contribution in [0.25, 0.3) is 0 Å². The molecule has 112 valence electrons. The second-order valence-electron chi connectivity index (χ2n) is 4.64. The molecular weight excluding hydrogens is 271 g/mol. The van der Waals surface area contributed by atoms with E-state index in [-0.39, 0.29) is 13.0 Å². The first kappa shape index (κ1) is 16.5. The summed E-state index contributed by atoms with van der Waals surface area (Å²) in [4.78, 5) is 12.4. The molecule has 20 heavy (non-hydrogen) atoms. The van der Waals surface area contributed by atoms with Crippen molar-refractivity contribution < 1.29 is 23.1 Å². The number of carbonyl (C=O) groups is 1. The number of aliphatic hydroxyl groups is 1. The van der Waals surface area contributed by atoms with Gasteiger partial charge in [-0.3, -0.25) is 4.79 Å².